The number of aryl methyl sites for hydroxylation is 2. The summed E-state index contributed by atoms with van der Waals surface area (Å²) in [5.41, 5.74) is 1.36. The van der Waals surface area contributed by atoms with Crippen LogP contribution < -0.4 is 10.0 Å². The van der Waals surface area contributed by atoms with Gasteiger partial charge in [0.15, 0.2) is 0 Å². The van der Waals surface area contributed by atoms with Crippen molar-refractivity contribution < 1.29 is 13.2 Å². The maximum Gasteiger partial charge on any atom is 0.333 e. The van der Waals surface area contributed by atoms with Crippen LogP contribution in [0.4, 0.5) is 10.5 Å². The standard InChI is InChI=1S/C14H15ClN2O3S2.Na/c1-3-12-9(2)8-13(21-12)22(19,20)17-14(18)16-11-6-4-10(15)5-7-11;/h4-8H,3H2,1-2H3,(H2,16,17,18);. The zero-order chi connectivity index (χ0) is 16.3. The molecule has 9 heteroatoms. The first kappa shape index (κ1) is 20.5. The second-order valence-electron chi connectivity index (χ2n) is 4.59. The van der Waals surface area contributed by atoms with E-state index in [0.717, 1.165) is 16.9 Å². The summed E-state index contributed by atoms with van der Waals surface area (Å²) in [5, 5.41) is 2.97. The number of hydrogen-bond acceptors (Lipinski definition) is 4. The number of urea groups is 1. The molecule has 1 aromatic heterocycles. The zero-order valence-corrected chi connectivity index (χ0v) is 17.4. The third-order valence-electron chi connectivity index (χ3n) is 2.91. The molecule has 0 unspecified atom stereocenters. The van der Waals surface area contributed by atoms with E-state index < -0.39 is 16.1 Å². The Bertz CT molecular complexity index is 789. The maximum absolute atomic E-state index is 12.2. The first-order valence-electron chi connectivity index (χ1n) is 6.50. The molecule has 2 aromatic rings. The number of hydrogen-bond donors (Lipinski definition) is 2. The number of thiophene rings is 1. The Morgan fingerprint density at radius 2 is 1.87 bits per heavy atom. The molecule has 1 radical (unpaired) electrons. The van der Waals surface area contributed by atoms with Gasteiger partial charge < -0.3 is 5.32 Å². The summed E-state index contributed by atoms with van der Waals surface area (Å²) >= 11 is 6.91. The second-order valence-corrected chi connectivity index (χ2v) is 8.07. The molecule has 5 nitrogen and oxygen atoms in total. The average Bonchev–Trinajstić information content (AvgIpc) is 2.83. The first-order valence-corrected chi connectivity index (χ1v) is 9.18. The SMILES string of the molecule is CCc1sc(S(=O)(=O)NC(=O)Nc2ccc(Cl)cc2)cc1C.[Na]. The van der Waals surface area contributed by atoms with E-state index in [4.69, 9.17) is 11.6 Å². The van der Waals surface area contributed by atoms with Crippen LogP contribution in [0.3, 0.4) is 0 Å². The Balaban J connectivity index is 0.00000264. The first-order chi connectivity index (χ1) is 10.3. The van der Waals surface area contributed by atoms with Gasteiger partial charge in [0, 0.05) is 45.1 Å². The summed E-state index contributed by atoms with van der Waals surface area (Å²) < 4.78 is 26.5. The Morgan fingerprint density at radius 3 is 2.39 bits per heavy atom. The number of nitrogens with one attached hydrogen (secondary N) is 2. The Kier molecular flexibility index (Phi) is 7.57. The molecule has 0 saturated carbocycles. The quantitative estimate of drug-likeness (QED) is 0.797. The van der Waals surface area contributed by atoms with Crippen molar-refractivity contribution in [1.29, 1.82) is 0 Å². The summed E-state index contributed by atoms with van der Waals surface area (Å²) in [6, 6.07) is 7.12. The summed E-state index contributed by atoms with van der Waals surface area (Å²) in [4.78, 5) is 12.8. The Labute approximate surface area is 166 Å². The van der Waals surface area contributed by atoms with Gasteiger partial charge in [-0.25, -0.2) is 17.9 Å². The molecule has 0 aliphatic carbocycles. The fraction of sp³-hybridized carbons (Fsp3) is 0.214. The van der Waals surface area contributed by atoms with Crippen LogP contribution in [-0.2, 0) is 16.4 Å². The van der Waals surface area contributed by atoms with E-state index in [1.165, 1.54) is 11.3 Å². The van der Waals surface area contributed by atoms with Crippen molar-refractivity contribution in [1.82, 2.24) is 4.72 Å². The third kappa shape index (κ3) is 5.48. The van der Waals surface area contributed by atoms with Crippen LogP contribution in [0.15, 0.2) is 34.5 Å². The van der Waals surface area contributed by atoms with Crippen LogP contribution >= 0.6 is 22.9 Å². The fourth-order valence-corrected chi connectivity index (χ4v) is 4.40. The third-order valence-corrected chi connectivity index (χ3v) is 6.35. The number of rotatable bonds is 4. The number of carbonyl (C=O) groups is 1. The van der Waals surface area contributed by atoms with Crippen LogP contribution in [0.1, 0.15) is 17.4 Å². The van der Waals surface area contributed by atoms with Crippen molar-refractivity contribution in [3.63, 3.8) is 0 Å². The van der Waals surface area contributed by atoms with E-state index in [-0.39, 0.29) is 33.8 Å². The van der Waals surface area contributed by atoms with Gasteiger partial charge >= 0.3 is 6.03 Å². The minimum atomic E-state index is -3.87. The second kappa shape index (κ2) is 8.50. The number of benzene rings is 1. The molecule has 2 rings (SSSR count). The zero-order valence-electron chi connectivity index (χ0n) is 13.0. The molecule has 0 aliphatic rings. The van der Waals surface area contributed by atoms with Gasteiger partial charge in [0.25, 0.3) is 10.0 Å². The molecule has 0 spiro atoms. The van der Waals surface area contributed by atoms with Crippen molar-refractivity contribution in [2.45, 2.75) is 24.5 Å². The van der Waals surface area contributed by atoms with E-state index in [1.54, 1.807) is 30.3 Å². The maximum atomic E-state index is 12.2. The van der Waals surface area contributed by atoms with Crippen LogP contribution in [-0.4, -0.2) is 44.0 Å². The topological polar surface area (TPSA) is 75.3 Å². The molecule has 0 atom stereocenters. The molecule has 0 saturated heterocycles. The van der Waals surface area contributed by atoms with Gasteiger partial charge in [-0.2, -0.15) is 0 Å². The summed E-state index contributed by atoms with van der Waals surface area (Å²) in [6.45, 7) is 3.80. The predicted molar refractivity (Wildman–Crippen MR) is 95.0 cm³/mol. The summed E-state index contributed by atoms with van der Waals surface area (Å²) in [7, 11) is -3.87. The van der Waals surface area contributed by atoms with Gasteiger partial charge in [-0.05, 0) is 49.2 Å². The van der Waals surface area contributed by atoms with E-state index in [2.05, 4.69) is 5.32 Å². The molecule has 2 amide bonds. The summed E-state index contributed by atoms with van der Waals surface area (Å²) in [5.74, 6) is 0. The van der Waals surface area contributed by atoms with Crippen molar-refractivity contribution in [3.05, 3.63) is 45.8 Å². The van der Waals surface area contributed by atoms with Crippen molar-refractivity contribution in [3.8, 4) is 0 Å². The van der Waals surface area contributed by atoms with Crippen LogP contribution in [0.5, 0.6) is 0 Å². The molecule has 0 bridgehead atoms. The largest absolute Gasteiger partial charge is 0.333 e. The van der Waals surface area contributed by atoms with E-state index >= 15 is 0 Å². The van der Waals surface area contributed by atoms with E-state index in [9.17, 15) is 13.2 Å². The van der Waals surface area contributed by atoms with Gasteiger partial charge in [-0.3, -0.25) is 0 Å². The fourth-order valence-electron chi connectivity index (χ4n) is 1.83. The molecule has 23 heavy (non-hydrogen) atoms. The van der Waals surface area contributed by atoms with Crippen molar-refractivity contribution in [2.24, 2.45) is 0 Å². The predicted octanol–water partition coefficient (Wildman–Crippen LogP) is 3.40. The molecule has 1 aromatic carbocycles. The molecular formula is C14H15ClN2NaO3S2. The van der Waals surface area contributed by atoms with Crippen LogP contribution in [0.2, 0.25) is 5.02 Å². The van der Waals surface area contributed by atoms with Crippen molar-refractivity contribution >= 4 is 74.2 Å². The molecule has 1 heterocycles. The Hall–Kier alpha value is -0.570. The van der Waals surface area contributed by atoms with Crippen LogP contribution in [0, 0.1) is 6.92 Å². The summed E-state index contributed by atoms with van der Waals surface area (Å²) in [6.07, 6.45) is 0.753. The van der Waals surface area contributed by atoms with Gasteiger partial charge in [0.2, 0.25) is 0 Å². The van der Waals surface area contributed by atoms with Crippen LogP contribution in [0.25, 0.3) is 0 Å². The molecule has 0 aliphatic heterocycles. The number of anilines is 1. The molecule has 2 N–H and O–H groups in total. The van der Waals surface area contributed by atoms with Crippen molar-refractivity contribution in [2.75, 3.05) is 5.32 Å². The molecular weight excluding hydrogens is 367 g/mol. The smallest absolute Gasteiger partial charge is 0.307 e. The van der Waals surface area contributed by atoms with E-state index in [0.29, 0.717) is 10.7 Å². The average molecular weight is 382 g/mol. The number of amides is 2. The molecule has 0 fully saturated rings. The Morgan fingerprint density at radius 1 is 1.26 bits per heavy atom. The number of carbonyl (C=O) groups excluding carboxylic acids is 1. The number of halogens is 1. The minimum Gasteiger partial charge on any atom is -0.307 e. The van der Waals surface area contributed by atoms with Gasteiger partial charge in [-0.15, -0.1) is 11.3 Å². The number of sulfonamides is 1. The minimum absolute atomic E-state index is 0. The monoisotopic (exact) mass is 381 g/mol. The van der Waals surface area contributed by atoms with Gasteiger partial charge in [0.05, 0.1) is 0 Å². The normalized spacial score (nSPS) is 10.7. The van der Waals surface area contributed by atoms with Gasteiger partial charge in [0.1, 0.15) is 4.21 Å². The van der Waals surface area contributed by atoms with Gasteiger partial charge in [-0.1, -0.05) is 18.5 Å². The van der Waals surface area contributed by atoms with E-state index in [1.807, 2.05) is 18.6 Å². The molecule has 119 valence electrons.